The Kier molecular flexibility index (Phi) is 10.9. The van der Waals surface area contributed by atoms with Gasteiger partial charge in [0.05, 0.1) is 17.4 Å². The van der Waals surface area contributed by atoms with Crippen LogP contribution in [0.25, 0.3) is 0 Å². The summed E-state index contributed by atoms with van der Waals surface area (Å²) in [5.74, 6) is 9.62. The van der Waals surface area contributed by atoms with E-state index in [0.29, 0.717) is 11.8 Å². The zero-order valence-corrected chi connectivity index (χ0v) is 30.0. The summed E-state index contributed by atoms with van der Waals surface area (Å²) in [4.78, 5) is 45.5. The quantitative estimate of drug-likeness (QED) is 0.173. The number of benzene rings is 2. The molecule has 6 nitrogen and oxygen atoms in total. The van der Waals surface area contributed by atoms with E-state index >= 15 is 0 Å². The molecule has 4 saturated carbocycles. The number of Topliss-reactive ketones (excluding diaryl/α,β-unsaturated/α-hetero) is 1. The van der Waals surface area contributed by atoms with Gasteiger partial charge >= 0.3 is 11.9 Å². The van der Waals surface area contributed by atoms with Crippen LogP contribution in [0.4, 0.5) is 5.69 Å². The number of esters is 2. The van der Waals surface area contributed by atoms with E-state index in [0.717, 1.165) is 80.6 Å². The Morgan fingerprint density at radius 1 is 0.580 bits per heavy atom. The van der Waals surface area contributed by atoms with Crippen molar-refractivity contribution >= 4 is 29.1 Å². The smallest absolute Gasteiger partial charge is 0.314 e. The molecule has 264 valence electrons. The summed E-state index contributed by atoms with van der Waals surface area (Å²) < 4.78 is 12.0. The van der Waals surface area contributed by atoms with Crippen molar-refractivity contribution in [2.24, 2.45) is 52.3 Å². The third-order valence-electron chi connectivity index (χ3n) is 13.0. The van der Waals surface area contributed by atoms with E-state index < -0.39 is 5.78 Å². The molecule has 0 saturated heterocycles. The first-order valence-electron chi connectivity index (χ1n) is 19.6. The highest BCUT2D eigenvalue weighted by molar-refractivity contribution is 6.56. The van der Waals surface area contributed by atoms with Gasteiger partial charge in [0, 0.05) is 5.56 Å². The Hall–Kier alpha value is -3.72. The molecule has 0 bridgehead atoms. The molecule has 4 fully saturated rings. The predicted molar refractivity (Wildman–Crippen MR) is 196 cm³/mol. The molecule has 0 radical (unpaired) electrons. The fourth-order valence-electron chi connectivity index (χ4n) is 9.62. The molecule has 0 amide bonds. The highest BCUT2D eigenvalue weighted by Crippen LogP contribution is 2.46. The van der Waals surface area contributed by atoms with E-state index in [2.05, 4.69) is 30.7 Å². The van der Waals surface area contributed by atoms with Crippen molar-refractivity contribution in [3.63, 3.8) is 0 Å². The van der Waals surface area contributed by atoms with Crippen LogP contribution in [-0.2, 0) is 9.59 Å². The maximum absolute atomic E-state index is 13.8. The second-order valence-electron chi connectivity index (χ2n) is 16.3. The SMILES string of the molecule is CC1CCC(C2CCC(C(=O)Oc3ccc(OC(=O)[C@H]4CC[C@H](C5CCC(C)CC5)CC4)c4c3C(=O)C(C#Cc3ccccc3)=N4)CC2)CC1. The topological polar surface area (TPSA) is 82.0 Å². The molecule has 2 aromatic carbocycles. The molecule has 0 spiro atoms. The Morgan fingerprint density at radius 2 is 1.02 bits per heavy atom. The summed E-state index contributed by atoms with van der Waals surface area (Å²) in [6.07, 6.45) is 18.0. The summed E-state index contributed by atoms with van der Waals surface area (Å²) in [6.45, 7) is 4.71. The zero-order valence-electron chi connectivity index (χ0n) is 30.0. The average Bonchev–Trinajstić information content (AvgIpc) is 3.49. The molecular formula is C44H53NO5. The van der Waals surface area contributed by atoms with Crippen LogP contribution in [0.15, 0.2) is 47.5 Å². The third kappa shape index (κ3) is 7.93. The van der Waals surface area contributed by atoms with Gasteiger partial charge in [-0.1, -0.05) is 63.7 Å². The number of aliphatic imine (C=N–C) groups is 1. The van der Waals surface area contributed by atoms with E-state index in [1.54, 1.807) is 12.1 Å². The lowest BCUT2D eigenvalue weighted by Crippen LogP contribution is -2.30. The number of hydrogen-bond donors (Lipinski definition) is 0. The van der Waals surface area contributed by atoms with Crippen LogP contribution >= 0.6 is 0 Å². The molecule has 6 heteroatoms. The Labute approximate surface area is 298 Å². The van der Waals surface area contributed by atoms with Crippen LogP contribution < -0.4 is 9.47 Å². The van der Waals surface area contributed by atoms with Gasteiger partial charge in [0.1, 0.15) is 11.4 Å². The number of ether oxygens (including phenoxy) is 2. The largest absolute Gasteiger partial charge is 0.425 e. The molecule has 5 aliphatic rings. The van der Waals surface area contributed by atoms with Crippen molar-refractivity contribution in [3.05, 3.63) is 53.6 Å². The van der Waals surface area contributed by atoms with Crippen LogP contribution in [0.2, 0.25) is 0 Å². The molecular weight excluding hydrogens is 622 g/mol. The van der Waals surface area contributed by atoms with Crippen molar-refractivity contribution < 1.29 is 23.9 Å². The average molecular weight is 676 g/mol. The van der Waals surface area contributed by atoms with Crippen molar-refractivity contribution in [2.45, 2.75) is 117 Å². The van der Waals surface area contributed by atoms with Gasteiger partial charge < -0.3 is 9.47 Å². The Bertz CT molecular complexity index is 1630. The molecule has 7 rings (SSSR count). The lowest BCUT2D eigenvalue weighted by Gasteiger charge is -2.36. The van der Waals surface area contributed by atoms with Gasteiger partial charge in [0.15, 0.2) is 11.5 Å². The second-order valence-corrected chi connectivity index (χ2v) is 16.3. The first-order valence-corrected chi connectivity index (χ1v) is 19.6. The highest BCUT2D eigenvalue weighted by atomic mass is 16.5. The number of fused-ring (bicyclic) bond motifs is 1. The minimum absolute atomic E-state index is 0.0502. The van der Waals surface area contributed by atoms with Gasteiger partial charge in [0.25, 0.3) is 0 Å². The number of nitrogens with zero attached hydrogens (tertiary/aromatic N) is 1. The molecule has 2 aromatic rings. The molecule has 1 aliphatic heterocycles. The maximum Gasteiger partial charge on any atom is 0.314 e. The number of carbonyl (C=O) groups excluding carboxylic acids is 3. The Balaban J connectivity index is 1.04. The van der Waals surface area contributed by atoms with Crippen molar-refractivity contribution in [1.82, 2.24) is 0 Å². The number of ketones is 1. The molecule has 1 heterocycles. The van der Waals surface area contributed by atoms with Gasteiger partial charge in [-0.25, -0.2) is 4.99 Å². The fraction of sp³-hybridized carbons (Fsp3) is 0.591. The van der Waals surface area contributed by atoms with E-state index in [1.165, 1.54) is 51.4 Å². The summed E-state index contributed by atoms with van der Waals surface area (Å²) in [7, 11) is 0. The van der Waals surface area contributed by atoms with Gasteiger partial charge in [-0.2, -0.15) is 0 Å². The number of rotatable bonds is 6. The summed E-state index contributed by atoms with van der Waals surface area (Å²) >= 11 is 0. The predicted octanol–water partition coefficient (Wildman–Crippen LogP) is 10.1. The highest BCUT2D eigenvalue weighted by Gasteiger charge is 2.37. The number of hydrogen-bond acceptors (Lipinski definition) is 6. The third-order valence-corrected chi connectivity index (χ3v) is 13.0. The van der Waals surface area contributed by atoms with Gasteiger partial charge in [-0.05, 0) is 143 Å². The van der Waals surface area contributed by atoms with Crippen LogP contribution in [0.1, 0.15) is 133 Å². The fourth-order valence-corrected chi connectivity index (χ4v) is 9.62. The van der Waals surface area contributed by atoms with Crippen molar-refractivity contribution in [3.8, 4) is 23.3 Å². The maximum atomic E-state index is 13.8. The van der Waals surface area contributed by atoms with Crippen molar-refractivity contribution in [2.75, 3.05) is 0 Å². The second kappa shape index (κ2) is 15.7. The number of carbonyl (C=O) groups is 3. The van der Waals surface area contributed by atoms with E-state index in [4.69, 9.17) is 9.47 Å². The summed E-state index contributed by atoms with van der Waals surface area (Å²) in [5.41, 5.74) is 1.19. The summed E-state index contributed by atoms with van der Waals surface area (Å²) in [6, 6.07) is 12.6. The summed E-state index contributed by atoms with van der Waals surface area (Å²) in [5, 5.41) is 0. The molecule has 0 unspecified atom stereocenters. The normalized spacial score (nSPS) is 31.1. The lowest BCUT2D eigenvalue weighted by molar-refractivity contribution is -0.141. The van der Waals surface area contributed by atoms with Gasteiger partial charge in [0.2, 0.25) is 5.78 Å². The Morgan fingerprint density at radius 3 is 1.52 bits per heavy atom. The molecule has 0 atom stereocenters. The lowest BCUT2D eigenvalue weighted by atomic mass is 9.69. The van der Waals surface area contributed by atoms with E-state index in [9.17, 15) is 14.4 Å². The van der Waals surface area contributed by atoms with Gasteiger partial charge in [-0.15, -0.1) is 0 Å². The van der Waals surface area contributed by atoms with E-state index in [1.807, 2.05) is 30.3 Å². The van der Waals surface area contributed by atoms with Crippen LogP contribution in [0, 0.1) is 59.2 Å². The molecule has 0 N–H and O–H groups in total. The monoisotopic (exact) mass is 675 g/mol. The van der Waals surface area contributed by atoms with Crippen LogP contribution in [-0.4, -0.2) is 23.4 Å². The first kappa shape index (κ1) is 34.7. The molecule has 0 aromatic heterocycles. The zero-order chi connectivity index (χ0) is 34.6. The first-order chi connectivity index (χ1) is 24.3. The van der Waals surface area contributed by atoms with Gasteiger partial charge in [-0.3, -0.25) is 14.4 Å². The molecule has 4 aliphatic carbocycles. The van der Waals surface area contributed by atoms with Crippen LogP contribution in [0.3, 0.4) is 0 Å². The van der Waals surface area contributed by atoms with E-state index in [-0.39, 0.29) is 52.2 Å². The molecule has 50 heavy (non-hydrogen) atoms. The minimum atomic E-state index is -0.415. The standard InChI is InChI=1S/C44H53NO5/c1-28-8-13-31(14-9-28)33-17-21-35(22-18-33)43(47)49-38-26-27-39(41-40(38)42(46)37(45-41)25-12-30-6-4-3-5-7-30)50-44(48)36-23-19-34(20-24-36)32-15-10-29(2)11-16-32/h3-7,26-29,31-36H,8-11,13-24H2,1-2H3/t28?,29?,31?,32?,33?,34-,35?,36-. The minimum Gasteiger partial charge on any atom is -0.425 e. The van der Waals surface area contributed by atoms with Crippen LogP contribution in [0.5, 0.6) is 11.5 Å². The van der Waals surface area contributed by atoms with Crippen molar-refractivity contribution in [1.29, 1.82) is 0 Å².